The second kappa shape index (κ2) is 19.8. The summed E-state index contributed by atoms with van der Waals surface area (Å²) in [5.41, 5.74) is 0. The van der Waals surface area contributed by atoms with Crippen molar-refractivity contribution < 1.29 is 14.0 Å². The van der Waals surface area contributed by atoms with Gasteiger partial charge in [0.15, 0.2) is 5.78 Å². The Morgan fingerprint density at radius 2 is 1.56 bits per heavy atom. The fourth-order valence-corrected chi connectivity index (χ4v) is 2.90. The van der Waals surface area contributed by atoms with E-state index < -0.39 is 6.17 Å². The van der Waals surface area contributed by atoms with Crippen molar-refractivity contribution in [3.8, 4) is 0 Å². The number of hydrogen-bond acceptors (Lipinski definition) is 3. The van der Waals surface area contributed by atoms with Crippen LogP contribution in [0.25, 0.3) is 0 Å². The molecule has 1 atom stereocenters. The Labute approximate surface area is 167 Å². The number of halogens is 1. The van der Waals surface area contributed by atoms with Crippen molar-refractivity contribution in [1.29, 1.82) is 0 Å². The minimum absolute atomic E-state index is 0.00550. The maximum atomic E-state index is 13.8. The Bertz CT molecular complexity index is 396. The monoisotopic (exact) mass is 383 g/mol. The summed E-state index contributed by atoms with van der Waals surface area (Å²) in [6.45, 7) is 2.39. The smallest absolute Gasteiger partial charge is 0.152 e. The first kappa shape index (κ1) is 26.0. The van der Waals surface area contributed by atoms with Crippen LogP contribution in [0.3, 0.4) is 0 Å². The predicted molar refractivity (Wildman–Crippen MR) is 114 cm³/mol. The lowest BCUT2D eigenvalue weighted by Gasteiger charge is -2.13. The van der Waals surface area contributed by atoms with Crippen molar-refractivity contribution in [1.82, 2.24) is 5.06 Å². The number of hydrogen-bond donors (Lipinski definition) is 0. The molecule has 0 saturated carbocycles. The standard InChI is InChI=1S/C23H42FNO2/c1-4-5-6-7-8-9-10-11-12-13-14-15-16-17-18-19-22(24)20-23(26)21-25(2)27-3/h8-9,11-12,22H,4-7,10,13-21H2,1-3H3/b9-8-,12-11-. The second-order valence-corrected chi connectivity index (χ2v) is 7.33. The molecule has 0 radical (unpaired) electrons. The third-order valence-corrected chi connectivity index (χ3v) is 4.63. The summed E-state index contributed by atoms with van der Waals surface area (Å²) in [6, 6.07) is 0. The highest BCUT2D eigenvalue weighted by molar-refractivity contribution is 5.80. The molecule has 0 aliphatic heterocycles. The molecule has 0 heterocycles. The minimum Gasteiger partial charge on any atom is -0.302 e. The minimum atomic E-state index is -1.01. The summed E-state index contributed by atoms with van der Waals surface area (Å²) in [7, 11) is 3.17. The molecule has 1 unspecified atom stereocenters. The highest BCUT2D eigenvalue weighted by Crippen LogP contribution is 2.13. The molecule has 0 rings (SSSR count). The lowest BCUT2D eigenvalue weighted by atomic mass is 10.0. The van der Waals surface area contributed by atoms with E-state index in [0.29, 0.717) is 6.42 Å². The SMILES string of the molecule is CCCCC/C=C\C/C=C\CCCCCCCC(F)CC(=O)CN(C)OC. The zero-order valence-corrected chi connectivity index (χ0v) is 17.9. The lowest BCUT2D eigenvalue weighted by molar-refractivity contribution is -0.141. The Hall–Kier alpha value is -1.00. The molecule has 158 valence electrons. The van der Waals surface area contributed by atoms with E-state index in [1.165, 1.54) is 50.7 Å². The van der Waals surface area contributed by atoms with E-state index >= 15 is 0 Å². The molecule has 0 N–H and O–H groups in total. The summed E-state index contributed by atoms with van der Waals surface area (Å²) in [4.78, 5) is 16.5. The Balaban J connectivity index is 3.41. The number of allylic oxidation sites excluding steroid dienone is 4. The number of alkyl halides is 1. The summed E-state index contributed by atoms with van der Waals surface area (Å²) in [5.74, 6) is -0.102. The number of carbonyl (C=O) groups excluding carboxylic acids is 1. The molecule has 0 fully saturated rings. The first-order valence-corrected chi connectivity index (χ1v) is 10.8. The van der Waals surface area contributed by atoms with Gasteiger partial charge in [-0.1, -0.05) is 69.8 Å². The van der Waals surface area contributed by atoms with Gasteiger partial charge < -0.3 is 4.84 Å². The average Bonchev–Trinajstić information content (AvgIpc) is 2.64. The van der Waals surface area contributed by atoms with Gasteiger partial charge in [-0.15, -0.1) is 0 Å². The molecule has 0 bridgehead atoms. The first-order valence-electron chi connectivity index (χ1n) is 10.8. The molecule has 0 aromatic heterocycles. The summed E-state index contributed by atoms with van der Waals surface area (Å²) < 4.78 is 13.8. The van der Waals surface area contributed by atoms with E-state index in [1.54, 1.807) is 7.05 Å². The maximum absolute atomic E-state index is 13.8. The topological polar surface area (TPSA) is 29.5 Å². The number of ketones is 1. The molecule has 0 amide bonds. The van der Waals surface area contributed by atoms with Crippen LogP contribution in [-0.4, -0.2) is 37.7 Å². The fraction of sp³-hybridized carbons (Fsp3) is 0.783. The number of unbranched alkanes of at least 4 members (excludes halogenated alkanes) is 8. The highest BCUT2D eigenvalue weighted by atomic mass is 19.1. The van der Waals surface area contributed by atoms with Crippen LogP contribution in [0.2, 0.25) is 0 Å². The van der Waals surface area contributed by atoms with Crippen LogP contribution in [0.15, 0.2) is 24.3 Å². The molecule has 0 saturated heterocycles. The molecule has 4 heteroatoms. The van der Waals surface area contributed by atoms with Gasteiger partial charge in [-0.25, -0.2) is 4.39 Å². The van der Waals surface area contributed by atoms with E-state index in [1.807, 2.05) is 0 Å². The van der Waals surface area contributed by atoms with Crippen LogP contribution >= 0.6 is 0 Å². The van der Waals surface area contributed by atoms with Crippen LogP contribution in [0.4, 0.5) is 4.39 Å². The zero-order valence-electron chi connectivity index (χ0n) is 17.9. The number of likely N-dealkylation sites (N-methyl/N-ethyl adjacent to an activating group) is 1. The number of carbonyl (C=O) groups is 1. The van der Waals surface area contributed by atoms with Crippen molar-refractivity contribution >= 4 is 5.78 Å². The Morgan fingerprint density at radius 3 is 2.19 bits per heavy atom. The highest BCUT2D eigenvalue weighted by Gasteiger charge is 2.13. The van der Waals surface area contributed by atoms with Crippen LogP contribution in [-0.2, 0) is 9.63 Å². The molecule has 27 heavy (non-hydrogen) atoms. The molecule has 0 aliphatic carbocycles. The first-order chi connectivity index (χ1) is 13.1. The lowest BCUT2D eigenvalue weighted by Crippen LogP contribution is -2.26. The van der Waals surface area contributed by atoms with Gasteiger partial charge in [0.1, 0.15) is 6.17 Å². The summed E-state index contributed by atoms with van der Waals surface area (Å²) >= 11 is 0. The van der Waals surface area contributed by atoms with Gasteiger partial charge in [-0.3, -0.25) is 4.79 Å². The maximum Gasteiger partial charge on any atom is 0.152 e. The van der Waals surface area contributed by atoms with Gasteiger partial charge in [-0.05, 0) is 38.5 Å². The van der Waals surface area contributed by atoms with Crippen LogP contribution < -0.4 is 0 Å². The van der Waals surface area contributed by atoms with Crippen LogP contribution in [0, 0.1) is 0 Å². The molecule has 0 aliphatic rings. The summed E-state index contributed by atoms with van der Waals surface area (Å²) in [6.07, 6.45) is 21.4. The van der Waals surface area contributed by atoms with Crippen molar-refractivity contribution in [2.24, 2.45) is 0 Å². The van der Waals surface area contributed by atoms with Gasteiger partial charge in [-0.2, -0.15) is 5.06 Å². The second-order valence-electron chi connectivity index (χ2n) is 7.33. The van der Waals surface area contributed by atoms with Crippen LogP contribution in [0.1, 0.15) is 90.4 Å². The van der Waals surface area contributed by atoms with Crippen molar-refractivity contribution in [3.05, 3.63) is 24.3 Å². The van der Waals surface area contributed by atoms with Gasteiger partial charge in [0.25, 0.3) is 0 Å². The predicted octanol–water partition coefficient (Wildman–Crippen LogP) is 6.59. The molecule has 0 aromatic rings. The number of rotatable bonds is 19. The molecule has 3 nitrogen and oxygen atoms in total. The largest absolute Gasteiger partial charge is 0.302 e. The van der Waals surface area contributed by atoms with E-state index in [2.05, 4.69) is 31.2 Å². The number of hydroxylamine groups is 2. The van der Waals surface area contributed by atoms with Crippen molar-refractivity contribution in [2.45, 2.75) is 96.6 Å². The van der Waals surface area contributed by atoms with E-state index in [9.17, 15) is 9.18 Å². The Morgan fingerprint density at radius 1 is 0.963 bits per heavy atom. The molecule has 0 aromatic carbocycles. The summed E-state index contributed by atoms with van der Waals surface area (Å²) in [5, 5.41) is 1.42. The number of nitrogens with zero attached hydrogens (tertiary/aromatic N) is 1. The molecule has 0 spiro atoms. The average molecular weight is 384 g/mol. The van der Waals surface area contributed by atoms with Gasteiger partial charge in [0.2, 0.25) is 0 Å². The van der Waals surface area contributed by atoms with Crippen molar-refractivity contribution in [3.63, 3.8) is 0 Å². The quantitative estimate of drug-likeness (QED) is 0.143. The zero-order chi connectivity index (χ0) is 20.2. The molecular weight excluding hydrogens is 341 g/mol. The van der Waals surface area contributed by atoms with Gasteiger partial charge in [0, 0.05) is 13.5 Å². The third kappa shape index (κ3) is 19.6. The van der Waals surface area contributed by atoms with Gasteiger partial charge >= 0.3 is 0 Å². The van der Waals surface area contributed by atoms with E-state index in [-0.39, 0.29) is 18.7 Å². The number of Topliss-reactive ketones (excluding diaryl/α,β-unsaturated/α-hetero) is 1. The van der Waals surface area contributed by atoms with Gasteiger partial charge in [0.05, 0.1) is 13.7 Å². The van der Waals surface area contributed by atoms with Crippen molar-refractivity contribution in [2.75, 3.05) is 20.7 Å². The normalized spacial score (nSPS) is 13.2. The van der Waals surface area contributed by atoms with Crippen LogP contribution in [0.5, 0.6) is 0 Å². The Kier molecular flexibility index (Phi) is 19.0. The fourth-order valence-electron chi connectivity index (χ4n) is 2.90. The third-order valence-electron chi connectivity index (χ3n) is 4.63. The molecular formula is C23H42FNO2. The van der Waals surface area contributed by atoms with E-state index in [0.717, 1.165) is 32.1 Å². The van der Waals surface area contributed by atoms with E-state index in [4.69, 9.17) is 4.84 Å².